The van der Waals surface area contributed by atoms with Crippen LogP contribution < -0.4 is 10.6 Å². The normalized spacial score (nSPS) is 17.5. The molecular formula is C13H19FN2O. The van der Waals surface area contributed by atoms with Gasteiger partial charge in [0.2, 0.25) is 0 Å². The number of rotatable bonds is 3. The van der Waals surface area contributed by atoms with Crippen molar-refractivity contribution in [3.8, 4) is 0 Å². The Balaban J connectivity index is 2.06. The second-order valence-electron chi connectivity index (χ2n) is 4.59. The highest BCUT2D eigenvalue weighted by Crippen LogP contribution is 2.24. The molecule has 0 radical (unpaired) electrons. The Morgan fingerprint density at radius 3 is 2.59 bits per heavy atom. The molecule has 1 aliphatic rings. The minimum atomic E-state index is -0.228. The number of aliphatic hydroxyl groups excluding tert-OH is 1. The molecule has 3 nitrogen and oxygen atoms in total. The van der Waals surface area contributed by atoms with Crippen molar-refractivity contribution in [1.82, 2.24) is 0 Å². The maximum Gasteiger partial charge on any atom is 0.129 e. The van der Waals surface area contributed by atoms with Gasteiger partial charge in [0.05, 0.1) is 0 Å². The van der Waals surface area contributed by atoms with Crippen LogP contribution in [0.2, 0.25) is 0 Å². The van der Waals surface area contributed by atoms with Crippen LogP contribution in [0.5, 0.6) is 0 Å². The van der Waals surface area contributed by atoms with Gasteiger partial charge in [-0.3, -0.25) is 0 Å². The van der Waals surface area contributed by atoms with Crippen LogP contribution in [0.15, 0.2) is 18.2 Å². The Labute approximate surface area is 101 Å². The molecule has 1 heterocycles. The van der Waals surface area contributed by atoms with Crippen molar-refractivity contribution in [2.45, 2.75) is 19.4 Å². The van der Waals surface area contributed by atoms with E-state index < -0.39 is 0 Å². The summed E-state index contributed by atoms with van der Waals surface area (Å²) in [5.41, 5.74) is 6.90. The van der Waals surface area contributed by atoms with Gasteiger partial charge < -0.3 is 15.7 Å². The molecule has 3 N–H and O–H groups in total. The number of piperidine rings is 1. The number of nitrogens with zero attached hydrogens (tertiary/aromatic N) is 1. The van der Waals surface area contributed by atoms with Crippen LogP contribution in [0.1, 0.15) is 18.4 Å². The molecule has 0 atom stereocenters. The van der Waals surface area contributed by atoms with Gasteiger partial charge in [-0.15, -0.1) is 0 Å². The van der Waals surface area contributed by atoms with Crippen molar-refractivity contribution in [2.75, 3.05) is 24.6 Å². The fourth-order valence-electron chi connectivity index (χ4n) is 2.27. The summed E-state index contributed by atoms with van der Waals surface area (Å²) in [6.45, 7) is 2.26. The molecule has 1 saturated heterocycles. The van der Waals surface area contributed by atoms with Crippen molar-refractivity contribution >= 4 is 5.69 Å². The topological polar surface area (TPSA) is 49.5 Å². The predicted molar refractivity (Wildman–Crippen MR) is 66.3 cm³/mol. The second-order valence-corrected chi connectivity index (χ2v) is 4.59. The lowest BCUT2D eigenvalue weighted by molar-refractivity contribution is 0.203. The molecule has 1 fully saturated rings. The average Bonchev–Trinajstić information content (AvgIpc) is 2.39. The number of nitrogens with two attached hydrogens (primary N) is 1. The SMILES string of the molecule is NCc1ccc(N2CCC(CO)CC2)cc1F. The number of halogens is 1. The molecular weight excluding hydrogens is 219 g/mol. The Bertz CT molecular complexity index is 376. The van der Waals surface area contributed by atoms with E-state index in [-0.39, 0.29) is 19.0 Å². The van der Waals surface area contributed by atoms with Crippen LogP contribution >= 0.6 is 0 Å². The van der Waals surface area contributed by atoms with Gasteiger partial charge >= 0.3 is 0 Å². The molecule has 2 rings (SSSR count). The summed E-state index contributed by atoms with van der Waals surface area (Å²) in [4.78, 5) is 2.16. The van der Waals surface area contributed by atoms with Crippen molar-refractivity contribution < 1.29 is 9.50 Å². The molecule has 1 aromatic carbocycles. The van der Waals surface area contributed by atoms with E-state index in [2.05, 4.69) is 4.90 Å². The summed E-state index contributed by atoms with van der Waals surface area (Å²) >= 11 is 0. The van der Waals surface area contributed by atoms with Crippen molar-refractivity contribution in [2.24, 2.45) is 11.7 Å². The Morgan fingerprint density at radius 2 is 2.06 bits per heavy atom. The van der Waals surface area contributed by atoms with Crippen LogP contribution in [-0.2, 0) is 6.54 Å². The van der Waals surface area contributed by atoms with E-state index in [1.807, 2.05) is 6.07 Å². The van der Waals surface area contributed by atoms with Crippen molar-refractivity contribution in [1.29, 1.82) is 0 Å². The highest BCUT2D eigenvalue weighted by Gasteiger charge is 2.19. The molecule has 94 valence electrons. The van der Waals surface area contributed by atoms with Crippen LogP contribution in [0.4, 0.5) is 10.1 Å². The van der Waals surface area contributed by atoms with E-state index in [4.69, 9.17) is 10.8 Å². The van der Waals surface area contributed by atoms with E-state index in [1.54, 1.807) is 12.1 Å². The second kappa shape index (κ2) is 5.47. The fourth-order valence-corrected chi connectivity index (χ4v) is 2.27. The minimum absolute atomic E-state index is 0.228. The lowest BCUT2D eigenvalue weighted by Crippen LogP contribution is -2.34. The third-order valence-electron chi connectivity index (χ3n) is 3.49. The zero-order valence-corrected chi connectivity index (χ0v) is 9.90. The van der Waals surface area contributed by atoms with Gasteiger partial charge in [0.25, 0.3) is 0 Å². The maximum atomic E-state index is 13.6. The van der Waals surface area contributed by atoms with Crippen LogP contribution in [0.3, 0.4) is 0 Å². The molecule has 0 unspecified atom stereocenters. The summed E-state index contributed by atoms with van der Waals surface area (Å²) in [6, 6.07) is 5.23. The molecule has 1 aromatic rings. The highest BCUT2D eigenvalue weighted by atomic mass is 19.1. The molecule has 17 heavy (non-hydrogen) atoms. The zero-order chi connectivity index (χ0) is 12.3. The molecule has 0 spiro atoms. The molecule has 0 aliphatic carbocycles. The number of benzene rings is 1. The first-order chi connectivity index (χ1) is 8.24. The standard InChI is InChI=1S/C13H19FN2O/c14-13-7-12(2-1-11(13)8-15)16-5-3-10(9-17)4-6-16/h1-2,7,10,17H,3-6,8-9,15H2. The Kier molecular flexibility index (Phi) is 3.97. The molecule has 1 aliphatic heterocycles. The lowest BCUT2D eigenvalue weighted by Gasteiger charge is -2.33. The minimum Gasteiger partial charge on any atom is -0.396 e. The first kappa shape index (κ1) is 12.3. The zero-order valence-electron chi connectivity index (χ0n) is 9.90. The monoisotopic (exact) mass is 238 g/mol. The maximum absolute atomic E-state index is 13.6. The van der Waals surface area contributed by atoms with Gasteiger partial charge in [-0.05, 0) is 30.9 Å². The summed E-state index contributed by atoms with van der Waals surface area (Å²) in [6.07, 6.45) is 1.94. The molecule has 4 heteroatoms. The van der Waals surface area contributed by atoms with Crippen molar-refractivity contribution in [3.63, 3.8) is 0 Å². The lowest BCUT2D eigenvalue weighted by atomic mass is 9.97. The third-order valence-corrected chi connectivity index (χ3v) is 3.49. The quantitative estimate of drug-likeness (QED) is 0.839. The first-order valence-corrected chi connectivity index (χ1v) is 6.09. The van der Waals surface area contributed by atoms with E-state index in [0.717, 1.165) is 31.6 Å². The largest absolute Gasteiger partial charge is 0.396 e. The van der Waals surface area contributed by atoms with E-state index in [9.17, 15) is 4.39 Å². The number of hydrogen-bond donors (Lipinski definition) is 2. The van der Waals surface area contributed by atoms with Gasteiger partial charge in [0.1, 0.15) is 5.82 Å². The molecule has 0 aromatic heterocycles. The average molecular weight is 238 g/mol. The first-order valence-electron chi connectivity index (χ1n) is 6.09. The Morgan fingerprint density at radius 1 is 1.35 bits per heavy atom. The van der Waals surface area contributed by atoms with Gasteiger partial charge in [0.15, 0.2) is 0 Å². The van der Waals surface area contributed by atoms with E-state index >= 15 is 0 Å². The van der Waals surface area contributed by atoms with E-state index in [1.165, 1.54) is 0 Å². The summed E-state index contributed by atoms with van der Waals surface area (Å²) in [5.74, 6) is 0.175. The Hall–Kier alpha value is -1.13. The highest BCUT2D eigenvalue weighted by molar-refractivity contribution is 5.48. The van der Waals surface area contributed by atoms with Crippen LogP contribution in [-0.4, -0.2) is 24.8 Å². The van der Waals surface area contributed by atoms with Crippen LogP contribution in [0, 0.1) is 11.7 Å². The molecule has 0 amide bonds. The number of hydrogen-bond acceptors (Lipinski definition) is 3. The number of aliphatic hydroxyl groups is 1. The van der Waals surface area contributed by atoms with Gasteiger partial charge in [-0.2, -0.15) is 0 Å². The van der Waals surface area contributed by atoms with Crippen molar-refractivity contribution in [3.05, 3.63) is 29.6 Å². The third kappa shape index (κ3) is 2.76. The van der Waals surface area contributed by atoms with Gasteiger partial charge in [-0.25, -0.2) is 4.39 Å². The predicted octanol–water partition coefficient (Wildman–Crippen LogP) is 1.49. The summed E-state index contributed by atoms with van der Waals surface area (Å²) < 4.78 is 13.6. The van der Waals surface area contributed by atoms with Crippen LogP contribution in [0.25, 0.3) is 0 Å². The van der Waals surface area contributed by atoms with E-state index in [0.29, 0.717) is 11.5 Å². The fraction of sp³-hybridized carbons (Fsp3) is 0.538. The summed E-state index contributed by atoms with van der Waals surface area (Å²) in [5, 5.41) is 9.07. The summed E-state index contributed by atoms with van der Waals surface area (Å²) in [7, 11) is 0. The smallest absolute Gasteiger partial charge is 0.129 e. The molecule has 0 bridgehead atoms. The number of anilines is 1. The molecule has 0 saturated carbocycles. The van der Waals surface area contributed by atoms with Gasteiger partial charge in [-0.1, -0.05) is 6.07 Å². The van der Waals surface area contributed by atoms with Gasteiger partial charge in [0, 0.05) is 37.5 Å².